The fraction of sp³-hybridized carbons (Fsp3) is 0.0949. The lowest BCUT2D eigenvalue weighted by Crippen LogP contribution is -2.29. The molecule has 3 aliphatic carbocycles. The van der Waals surface area contributed by atoms with Crippen molar-refractivity contribution in [3.8, 4) is 78.5 Å². The Labute approximate surface area is 847 Å². The summed E-state index contributed by atoms with van der Waals surface area (Å²) in [6, 6.07) is 173. The zero-order chi connectivity index (χ0) is 97.1. The van der Waals surface area contributed by atoms with Crippen molar-refractivity contribution in [2.45, 2.75) is 69.4 Å². The molecule has 0 fully saturated rings. The van der Waals surface area contributed by atoms with Crippen molar-refractivity contribution in [1.29, 1.82) is 0 Å². The molecule has 0 radical (unpaired) electrons. The van der Waals surface area contributed by atoms with Crippen LogP contribution in [0, 0.1) is 0 Å². The van der Waals surface area contributed by atoms with Gasteiger partial charge in [0.2, 0.25) is 0 Å². The number of fused-ring (bicyclic) bond motifs is 15. The lowest BCUT2D eigenvalue weighted by Gasteiger charge is -2.34. The molecule has 0 saturated heterocycles. The Bertz CT molecular complexity index is 8150. The van der Waals surface area contributed by atoms with Crippen molar-refractivity contribution in [3.05, 3.63) is 564 Å². The summed E-state index contributed by atoms with van der Waals surface area (Å²) in [5, 5.41) is 4.69. The molecule has 0 spiro atoms. The van der Waals surface area contributed by atoms with E-state index in [9.17, 15) is 0 Å². The molecule has 0 aliphatic heterocycles. The highest BCUT2D eigenvalue weighted by Gasteiger charge is 2.47. The van der Waals surface area contributed by atoms with Crippen LogP contribution in [0.3, 0.4) is 0 Å². The Morgan fingerprint density at radius 1 is 0.248 bits per heavy atom. The molecular formula is C137H106N4O4. The Morgan fingerprint density at radius 2 is 0.559 bits per heavy atom. The first kappa shape index (κ1) is 89.0. The van der Waals surface area contributed by atoms with Gasteiger partial charge in [0.15, 0.2) is 0 Å². The maximum atomic E-state index is 6.69. The van der Waals surface area contributed by atoms with E-state index < -0.39 is 10.8 Å². The highest BCUT2D eigenvalue weighted by atomic mass is 16.5. The van der Waals surface area contributed by atoms with Gasteiger partial charge in [-0.1, -0.05) is 367 Å². The van der Waals surface area contributed by atoms with Gasteiger partial charge in [-0.2, -0.15) is 0 Å². The molecule has 2 atom stereocenters. The summed E-state index contributed by atoms with van der Waals surface area (Å²) in [4.78, 5) is 4.89. The number of hydrogen-bond donors (Lipinski definition) is 0. The van der Waals surface area contributed by atoms with Gasteiger partial charge in [-0.15, -0.1) is 0 Å². The minimum absolute atomic E-state index is 0.235. The van der Waals surface area contributed by atoms with Gasteiger partial charge in [0.05, 0.1) is 61.7 Å². The summed E-state index contributed by atoms with van der Waals surface area (Å²) in [6.07, 6.45) is 5.17. The van der Waals surface area contributed by atoms with Crippen LogP contribution in [0.5, 0.6) is 11.5 Å². The summed E-state index contributed by atoms with van der Waals surface area (Å²) in [5.74, 6) is 1.68. The van der Waals surface area contributed by atoms with Gasteiger partial charge in [0.25, 0.3) is 0 Å². The molecule has 22 aromatic rings. The van der Waals surface area contributed by atoms with E-state index in [1.807, 2.05) is 36.4 Å². The largest absolute Gasteiger partial charge is 0.494 e. The van der Waals surface area contributed by atoms with E-state index in [0.29, 0.717) is 39.6 Å². The Hall–Kier alpha value is -17.4. The van der Waals surface area contributed by atoms with E-state index in [4.69, 9.17) is 18.9 Å². The molecule has 20 aromatic carbocycles. The SMILES string of the molecule is C=Cc1ccc(OCCC2(c3ccccc3)c3ccccc3-c3ccc(N(c4ccc(-c5ccccc5)cc4)c4ccc5c(c4)c4ccccc4n5-c4ccc(COCc5ccc6c(c5)C(C)(C)c5cc(COCc7ccc(-n8c9ccccc9c9cc(N(c%10ccc(-c%11ccccc%11)cc%10)c%10ccc%11c(c%10)C(CCOc%10ccc(C=C)cc%10)(c%10ccccc%10)c%10ccccc%10-%11)ccc98)cc7)ccc5-6)cc4)cc32)cc1. The van der Waals surface area contributed by atoms with Gasteiger partial charge in [0, 0.05) is 83.3 Å². The molecule has 0 saturated carbocycles. The predicted molar refractivity (Wildman–Crippen MR) is 600 cm³/mol. The second kappa shape index (κ2) is 37.6. The number of para-hydroxylation sites is 2. The number of rotatable bonds is 30. The Balaban J connectivity index is 0.447. The molecule has 8 heteroatoms. The maximum Gasteiger partial charge on any atom is 0.119 e. The highest BCUT2D eigenvalue weighted by molar-refractivity contribution is 6.12. The van der Waals surface area contributed by atoms with Crippen molar-refractivity contribution in [2.75, 3.05) is 23.0 Å². The molecule has 25 rings (SSSR count). The lowest BCUT2D eigenvalue weighted by atomic mass is 9.70. The van der Waals surface area contributed by atoms with Crippen LogP contribution in [0.25, 0.3) is 123 Å². The number of aromatic nitrogens is 2. The number of anilines is 6. The van der Waals surface area contributed by atoms with Crippen molar-refractivity contribution >= 4 is 89.9 Å². The molecule has 2 aromatic heterocycles. The first-order valence-corrected chi connectivity index (χ1v) is 50.4. The molecule has 0 amide bonds. The number of benzene rings is 20. The molecule has 2 unspecified atom stereocenters. The minimum atomic E-state index is -0.518. The molecule has 0 bridgehead atoms. The first-order chi connectivity index (χ1) is 71.5. The van der Waals surface area contributed by atoms with Gasteiger partial charge in [-0.05, 0) is 292 Å². The third-order valence-corrected chi connectivity index (χ3v) is 30.6. The van der Waals surface area contributed by atoms with E-state index in [0.717, 1.165) is 136 Å². The fourth-order valence-electron chi connectivity index (χ4n) is 23.5. The lowest BCUT2D eigenvalue weighted by molar-refractivity contribution is 0.107. The van der Waals surface area contributed by atoms with Crippen LogP contribution in [0.2, 0.25) is 0 Å². The van der Waals surface area contributed by atoms with E-state index >= 15 is 0 Å². The molecule has 145 heavy (non-hydrogen) atoms. The molecule has 698 valence electrons. The quantitative estimate of drug-likeness (QED) is 0.0447. The van der Waals surface area contributed by atoms with Crippen LogP contribution in [0.1, 0.15) is 105 Å². The monoisotopic (exact) mass is 1870 g/mol. The van der Waals surface area contributed by atoms with Crippen molar-refractivity contribution in [1.82, 2.24) is 9.13 Å². The third-order valence-electron chi connectivity index (χ3n) is 30.6. The summed E-state index contributed by atoms with van der Waals surface area (Å²) in [6.45, 7) is 15.6. The van der Waals surface area contributed by atoms with Crippen LogP contribution in [0.15, 0.2) is 486 Å². The number of hydrogen-bond acceptors (Lipinski definition) is 6. The molecule has 2 heterocycles. The van der Waals surface area contributed by atoms with Crippen LogP contribution < -0.4 is 19.3 Å². The Morgan fingerprint density at radius 3 is 0.966 bits per heavy atom. The van der Waals surface area contributed by atoms with Crippen molar-refractivity contribution < 1.29 is 18.9 Å². The van der Waals surface area contributed by atoms with Crippen LogP contribution in [-0.4, -0.2) is 22.3 Å². The van der Waals surface area contributed by atoms with Gasteiger partial charge in [-0.3, -0.25) is 0 Å². The number of nitrogens with zero attached hydrogens (tertiary/aromatic N) is 4. The van der Waals surface area contributed by atoms with Gasteiger partial charge in [0.1, 0.15) is 11.5 Å². The topological polar surface area (TPSA) is 53.3 Å². The first-order valence-electron chi connectivity index (χ1n) is 50.4. The van der Waals surface area contributed by atoms with Crippen molar-refractivity contribution in [3.63, 3.8) is 0 Å². The van der Waals surface area contributed by atoms with Gasteiger partial charge >= 0.3 is 0 Å². The second-order valence-corrected chi connectivity index (χ2v) is 39.1. The fourth-order valence-corrected chi connectivity index (χ4v) is 23.5. The minimum Gasteiger partial charge on any atom is -0.494 e. The van der Waals surface area contributed by atoms with Crippen LogP contribution in [0.4, 0.5) is 34.1 Å². The molecule has 3 aliphatic rings. The van der Waals surface area contributed by atoms with E-state index in [2.05, 4.69) is 495 Å². The third kappa shape index (κ3) is 16.0. The average Bonchev–Trinajstić information content (AvgIpc) is 1.55. The van der Waals surface area contributed by atoms with Crippen LogP contribution in [-0.2, 0) is 52.1 Å². The molecule has 8 nitrogen and oxygen atoms in total. The zero-order valence-electron chi connectivity index (χ0n) is 81.2. The van der Waals surface area contributed by atoms with Gasteiger partial charge < -0.3 is 37.9 Å². The summed E-state index contributed by atoms with van der Waals surface area (Å²) < 4.78 is 31.5. The maximum absolute atomic E-state index is 6.69. The van der Waals surface area contributed by atoms with Crippen LogP contribution >= 0.6 is 0 Å². The van der Waals surface area contributed by atoms with E-state index in [1.54, 1.807) is 0 Å². The van der Waals surface area contributed by atoms with E-state index in [-0.39, 0.29) is 5.41 Å². The highest BCUT2D eigenvalue weighted by Crippen LogP contribution is 2.60. The summed E-state index contributed by atoms with van der Waals surface area (Å²) in [5.41, 5.74) is 40.8. The standard InChI is InChI=1S/C137H106N4O4/c1-5-93-47-69-113(70-48-93)144-81-79-136(103-31-15-9-16-32-103)125-39-23-19-35-115(125)119-75-65-111(87-129(119)136)138(105-61-53-101(54-62-105)99-27-11-7-12-28-99)109-67-77-133-123(85-109)121-37-21-25-41-131(121)140(133)107-57-43-95(44-58-107)89-142-91-97-51-73-117-118-74-52-98(84-128(118)135(3,4)127(117)83-97)92-143-90-96-45-59-108(60-46-96)141-132-42-26-22-38-122(132)124-86-110(68-78-134(124)141)139(106-63-55-102(56-64-106)100-29-13-8-14-30-100)112-66-76-120-116-36-20-24-40-126(116)137(130(120)88-112,104-33-17-10-18-34-104)80-82-145-114-71-49-94(6-2)50-72-114/h5-78,83-88H,1-2,79-82,89-92H2,3-4H3. The smallest absolute Gasteiger partial charge is 0.119 e. The second-order valence-electron chi connectivity index (χ2n) is 39.1. The molecular weight excluding hydrogens is 1770 g/mol. The average molecular weight is 1870 g/mol. The summed E-state index contributed by atoms with van der Waals surface area (Å²) in [7, 11) is 0. The zero-order valence-corrected chi connectivity index (χ0v) is 81.2. The van der Waals surface area contributed by atoms with E-state index in [1.165, 1.54) is 111 Å². The molecule has 0 N–H and O–H groups in total. The van der Waals surface area contributed by atoms with Crippen molar-refractivity contribution in [2.24, 2.45) is 0 Å². The Kier molecular flexibility index (Phi) is 23.0. The normalized spacial score (nSPS) is 14.4. The number of ether oxygens (including phenoxy) is 4. The van der Waals surface area contributed by atoms with Gasteiger partial charge in [-0.25, -0.2) is 0 Å². The summed E-state index contributed by atoms with van der Waals surface area (Å²) >= 11 is 0. The predicted octanol–water partition coefficient (Wildman–Crippen LogP) is 34.7.